The molecule has 0 aliphatic carbocycles. The molecule has 5 heteroatoms. The summed E-state index contributed by atoms with van der Waals surface area (Å²) in [5.41, 5.74) is 7.18. The molecule has 0 saturated heterocycles. The number of nitrogens with zero attached hydrogens (tertiary/aromatic N) is 1. The summed E-state index contributed by atoms with van der Waals surface area (Å²) in [6.07, 6.45) is 1.13. The Hall–Kier alpha value is -2.95. The van der Waals surface area contributed by atoms with E-state index < -0.39 is 29.4 Å². The molecule has 3 atom stereocenters. The number of phenolic OH excluding ortho intramolecular Hbond substituents is 1. The van der Waals surface area contributed by atoms with E-state index in [0.29, 0.717) is 17.7 Å². The number of rotatable bonds is 4. The number of benzene rings is 2. The number of amides is 1. The molecule has 28 heavy (non-hydrogen) atoms. The molecule has 0 unspecified atom stereocenters. The van der Waals surface area contributed by atoms with Gasteiger partial charge in [-0.05, 0) is 29.1 Å². The number of hydrogen-bond acceptors (Lipinski definition) is 4. The molecule has 0 aromatic heterocycles. The van der Waals surface area contributed by atoms with Gasteiger partial charge in [0.25, 0.3) is 1.43 Å². The van der Waals surface area contributed by atoms with E-state index in [0.717, 1.165) is 5.56 Å². The van der Waals surface area contributed by atoms with Crippen molar-refractivity contribution in [3.05, 3.63) is 71.4 Å². The molecule has 0 radical (unpaired) electrons. The van der Waals surface area contributed by atoms with Crippen LogP contribution >= 0.6 is 0 Å². The molecule has 0 spiro atoms. The first-order chi connectivity index (χ1) is 15.1. The minimum Gasteiger partial charge on any atom is -0.508 e. The molecule has 5 nitrogen and oxygen atoms in total. The van der Waals surface area contributed by atoms with Gasteiger partial charge in [0.2, 0.25) is 5.91 Å². The van der Waals surface area contributed by atoms with Gasteiger partial charge in [-0.25, -0.2) is 0 Å². The van der Waals surface area contributed by atoms with Crippen molar-refractivity contribution in [2.75, 3.05) is 0 Å². The van der Waals surface area contributed by atoms with Crippen LogP contribution in [-0.2, 0) is 11.3 Å². The lowest BCUT2D eigenvalue weighted by atomic mass is 9.65. The molecule has 2 aliphatic heterocycles. The van der Waals surface area contributed by atoms with Crippen LogP contribution in [0, 0.1) is 11.3 Å². The van der Waals surface area contributed by atoms with Crippen molar-refractivity contribution in [1.82, 2.24) is 4.90 Å². The lowest BCUT2D eigenvalue weighted by molar-refractivity contribution is -0.116. The highest BCUT2D eigenvalue weighted by Gasteiger charge is 2.51. The minimum atomic E-state index is -0.605. The summed E-state index contributed by atoms with van der Waals surface area (Å²) in [7, 11) is 0. The fourth-order valence-electron chi connectivity index (χ4n) is 4.34. The molecule has 0 bridgehead atoms. The summed E-state index contributed by atoms with van der Waals surface area (Å²) in [5.74, 6) is -1.64. The molecular weight excluding hydrogens is 352 g/mol. The van der Waals surface area contributed by atoms with Crippen LogP contribution in [0.5, 0.6) is 11.5 Å². The second-order valence-electron chi connectivity index (χ2n) is 8.43. The maximum Gasteiger partial charge on any atom is 0.293 e. The quantitative estimate of drug-likeness (QED) is 0.845. The number of hydrogen-bond donors (Lipinski definition) is 2. The Morgan fingerprint density at radius 1 is 1.32 bits per heavy atom. The van der Waals surface area contributed by atoms with Crippen molar-refractivity contribution < 1.29 is 18.8 Å². The van der Waals surface area contributed by atoms with E-state index in [2.05, 4.69) is 5.11 Å². The lowest BCUT2D eigenvalue weighted by Gasteiger charge is -2.45. The van der Waals surface area contributed by atoms with Crippen molar-refractivity contribution in [2.45, 2.75) is 39.5 Å². The molecule has 2 heterocycles. The zero-order valence-electron chi connectivity index (χ0n) is 20.2. The van der Waals surface area contributed by atoms with Gasteiger partial charge >= 0.3 is 0 Å². The lowest BCUT2D eigenvalue weighted by Crippen LogP contribution is -2.49. The van der Waals surface area contributed by atoms with Gasteiger partial charge in [0.15, 0.2) is 6.23 Å². The minimum absolute atomic E-state index is 0.127. The molecule has 3 N–H and O–H groups in total. The summed E-state index contributed by atoms with van der Waals surface area (Å²) >= 11 is 0. The standard InChI is InChI=1S/C23H26N2O3/c1-23(2,3)20-17(21(24)27)13-25(12-14-7-5-4-6-8-14)22-19(20)16-11-15(26)9-10-18(16)28-22/h4-11,13,19-20,22,26H,12H2,1-3H3,(H2,24,27)/t19-,20+,22-/m1/s1/i9D,10D,11D/hD. The number of carbonyl (C=O) groups excluding carboxylic acids is 1. The molecule has 4 rings (SSSR count). The van der Waals surface area contributed by atoms with Crippen LogP contribution in [-0.4, -0.2) is 23.6 Å². The molecule has 2 aromatic carbocycles. The van der Waals surface area contributed by atoms with Gasteiger partial charge in [0, 0.05) is 29.8 Å². The van der Waals surface area contributed by atoms with Crippen LogP contribution in [0.3, 0.4) is 0 Å². The number of aromatic hydroxyl groups is 1. The van der Waals surface area contributed by atoms with Crippen LogP contribution in [0.2, 0.25) is 0 Å². The first kappa shape index (κ1) is 14.1. The van der Waals surface area contributed by atoms with Gasteiger partial charge in [0.1, 0.15) is 11.5 Å². The number of carbonyl (C=O) groups is 1. The van der Waals surface area contributed by atoms with Crippen LogP contribution in [0.25, 0.3) is 0 Å². The Morgan fingerprint density at radius 3 is 2.71 bits per heavy atom. The zero-order valence-corrected chi connectivity index (χ0v) is 16.2. The van der Waals surface area contributed by atoms with Gasteiger partial charge < -0.3 is 20.5 Å². The highest BCUT2D eigenvalue weighted by Crippen LogP contribution is 2.54. The van der Waals surface area contributed by atoms with Gasteiger partial charge in [-0.2, -0.15) is 0 Å². The fraction of sp³-hybridized carbons (Fsp3) is 0.348. The molecule has 0 fully saturated rings. The van der Waals surface area contributed by atoms with Gasteiger partial charge in [-0.15, -0.1) is 0 Å². The third-order valence-corrected chi connectivity index (χ3v) is 5.41. The summed E-state index contributed by atoms with van der Waals surface area (Å²) < 4.78 is 38.8. The SMILES string of the molecule is [2H]Oc1c([2H])c([2H])c2c(c1[2H])[C@H]1[C@@H](O2)N(Cc2ccccc2)C=C(C(N)=O)[C@@H]1C(C)(C)C. The number of primary amides is 1. The average Bonchev–Trinajstić information content (AvgIpc) is 3.13. The van der Waals surface area contributed by atoms with E-state index in [1.165, 1.54) is 0 Å². The highest BCUT2D eigenvalue weighted by atomic mass is 16.5. The molecule has 1 amide bonds. The van der Waals surface area contributed by atoms with E-state index in [-0.39, 0.29) is 29.6 Å². The number of nitrogens with two attached hydrogens (primary N) is 1. The second-order valence-corrected chi connectivity index (χ2v) is 8.43. The van der Waals surface area contributed by atoms with Crippen molar-refractivity contribution in [2.24, 2.45) is 17.1 Å². The maximum atomic E-state index is 12.6. The summed E-state index contributed by atoms with van der Waals surface area (Å²) in [5, 5.41) is 4.56. The van der Waals surface area contributed by atoms with E-state index >= 15 is 0 Å². The number of phenols is 1. The molecule has 2 aromatic rings. The smallest absolute Gasteiger partial charge is 0.293 e. The number of fused-ring (bicyclic) bond motifs is 3. The predicted octanol–water partition coefficient (Wildman–Crippen LogP) is 3.74. The fourth-order valence-corrected chi connectivity index (χ4v) is 4.34. The normalized spacial score (nSPS) is 25.3. The van der Waals surface area contributed by atoms with E-state index in [9.17, 15) is 4.79 Å². The van der Waals surface area contributed by atoms with Gasteiger partial charge in [-0.1, -0.05) is 51.1 Å². The average molecular weight is 382 g/mol. The van der Waals surface area contributed by atoms with Crippen molar-refractivity contribution in [3.8, 4) is 11.5 Å². The van der Waals surface area contributed by atoms with E-state index in [1.807, 2.05) is 56.0 Å². The summed E-state index contributed by atoms with van der Waals surface area (Å²) in [4.78, 5) is 14.4. The third-order valence-electron chi connectivity index (χ3n) is 5.41. The van der Waals surface area contributed by atoms with Crippen LogP contribution < -0.4 is 10.5 Å². The molecule has 2 aliphatic rings. The van der Waals surface area contributed by atoms with Crippen molar-refractivity contribution >= 4 is 5.91 Å². The Labute approximate surface area is 171 Å². The number of ether oxygens (including phenoxy) is 1. The first-order valence-corrected chi connectivity index (χ1v) is 9.30. The van der Waals surface area contributed by atoms with Crippen LogP contribution in [0.1, 0.15) is 41.9 Å². The third kappa shape index (κ3) is 3.11. The zero-order chi connectivity index (χ0) is 23.4. The topological polar surface area (TPSA) is 75.8 Å². The summed E-state index contributed by atoms with van der Waals surface area (Å²) in [6, 6.07) is 8.92. The van der Waals surface area contributed by atoms with Crippen molar-refractivity contribution in [1.29, 1.82) is 1.43 Å². The first-order valence-electron chi connectivity index (χ1n) is 11.2. The molecular formula is C23H26N2O3. The van der Waals surface area contributed by atoms with E-state index in [4.69, 9.17) is 16.0 Å². The van der Waals surface area contributed by atoms with Gasteiger partial charge in [-0.3, -0.25) is 4.79 Å². The Morgan fingerprint density at radius 2 is 2.07 bits per heavy atom. The maximum absolute atomic E-state index is 12.6. The monoisotopic (exact) mass is 382 g/mol. The Balaban J connectivity index is 1.94. The second kappa shape index (κ2) is 6.59. The largest absolute Gasteiger partial charge is 0.508 e. The van der Waals surface area contributed by atoms with Gasteiger partial charge in [0.05, 0.1) is 10.0 Å². The van der Waals surface area contributed by atoms with Crippen LogP contribution in [0.4, 0.5) is 0 Å². The molecule has 146 valence electrons. The highest BCUT2D eigenvalue weighted by molar-refractivity contribution is 5.93. The van der Waals surface area contributed by atoms with E-state index in [1.54, 1.807) is 6.20 Å². The Kier molecular flexibility index (Phi) is 3.32. The predicted molar refractivity (Wildman–Crippen MR) is 107 cm³/mol. The molecule has 0 saturated carbocycles. The summed E-state index contributed by atoms with van der Waals surface area (Å²) in [6.45, 7) is 6.40. The van der Waals surface area contributed by atoms with Crippen LogP contribution in [0.15, 0.2) is 60.2 Å². The van der Waals surface area contributed by atoms with Crippen molar-refractivity contribution in [3.63, 3.8) is 0 Å². The Bertz CT molecular complexity index is 1100.